The van der Waals surface area contributed by atoms with Crippen LogP contribution in [0.15, 0.2) is 12.1 Å². The average molecular weight is 300 g/mol. The molecule has 1 aromatic heterocycles. The van der Waals surface area contributed by atoms with Crippen LogP contribution in [0.1, 0.15) is 37.7 Å². The second-order valence-electron chi connectivity index (χ2n) is 5.84. The summed E-state index contributed by atoms with van der Waals surface area (Å²) in [7, 11) is 0. The number of nitrogens with zero attached hydrogens (tertiary/aromatic N) is 2. The number of pyridine rings is 1. The zero-order valence-electron chi connectivity index (χ0n) is 11.7. The van der Waals surface area contributed by atoms with Crippen LogP contribution in [0.5, 0.6) is 0 Å². The van der Waals surface area contributed by atoms with Gasteiger partial charge in [0, 0.05) is 12.6 Å². The van der Waals surface area contributed by atoms with Gasteiger partial charge >= 0.3 is 6.18 Å². The quantitative estimate of drug-likeness (QED) is 0.651. The topological polar surface area (TPSA) is 54.2 Å². The summed E-state index contributed by atoms with van der Waals surface area (Å²) in [6, 6.07) is 2.40. The maximum Gasteiger partial charge on any atom is 0.416 e. The summed E-state index contributed by atoms with van der Waals surface area (Å²) in [5.41, 5.74) is 1.53. The molecule has 21 heavy (non-hydrogen) atoms. The molecule has 7 heteroatoms. The summed E-state index contributed by atoms with van der Waals surface area (Å²) in [5, 5.41) is 0. The fourth-order valence-electron chi connectivity index (χ4n) is 3.64. The van der Waals surface area contributed by atoms with Crippen molar-refractivity contribution in [1.29, 1.82) is 0 Å². The van der Waals surface area contributed by atoms with E-state index in [1.54, 1.807) is 0 Å². The van der Waals surface area contributed by atoms with Crippen molar-refractivity contribution in [1.82, 2.24) is 4.98 Å². The third-order valence-corrected chi connectivity index (χ3v) is 4.57. The van der Waals surface area contributed by atoms with Gasteiger partial charge in [-0.15, -0.1) is 0 Å². The average Bonchev–Trinajstić information content (AvgIpc) is 2.94. The Kier molecular flexibility index (Phi) is 3.69. The Morgan fingerprint density at radius 2 is 1.95 bits per heavy atom. The van der Waals surface area contributed by atoms with E-state index in [2.05, 4.69) is 10.4 Å². The molecule has 3 N–H and O–H groups in total. The van der Waals surface area contributed by atoms with Gasteiger partial charge in [0.15, 0.2) is 0 Å². The van der Waals surface area contributed by atoms with Crippen molar-refractivity contribution in [2.24, 2.45) is 11.8 Å². The molecule has 1 aliphatic heterocycles. The Labute approximate surface area is 121 Å². The van der Waals surface area contributed by atoms with Gasteiger partial charge in [0.25, 0.3) is 0 Å². The predicted octanol–water partition coefficient (Wildman–Crippen LogP) is 3.15. The number of hydrazine groups is 1. The Hall–Kier alpha value is -1.50. The molecule has 2 heterocycles. The van der Waals surface area contributed by atoms with Crippen LogP contribution in [-0.2, 0) is 6.18 Å². The number of hydrogen-bond acceptors (Lipinski definition) is 4. The molecule has 1 aliphatic carbocycles. The molecule has 2 fully saturated rings. The molecule has 0 aromatic carbocycles. The van der Waals surface area contributed by atoms with E-state index in [0.717, 1.165) is 37.9 Å². The molecule has 3 rings (SSSR count). The summed E-state index contributed by atoms with van der Waals surface area (Å²) in [4.78, 5) is 6.28. The number of piperidine rings is 1. The monoisotopic (exact) mass is 300 g/mol. The number of alkyl halides is 3. The van der Waals surface area contributed by atoms with Gasteiger partial charge in [0.2, 0.25) is 0 Å². The zero-order chi connectivity index (χ0) is 15.0. The lowest BCUT2D eigenvalue weighted by molar-refractivity contribution is -0.137. The third-order valence-electron chi connectivity index (χ3n) is 4.57. The number of nitrogens with one attached hydrogen (secondary N) is 1. The Morgan fingerprint density at radius 3 is 2.67 bits per heavy atom. The van der Waals surface area contributed by atoms with Crippen LogP contribution >= 0.6 is 0 Å². The van der Waals surface area contributed by atoms with Crippen LogP contribution < -0.4 is 16.2 Å². The molecule has 1 saturated heterocycles. The van der Waals surface area contributed by atoms with Gasteiger partial charge < -0.3 is 10.3 Å². The van der Waals surface area contributed by atoms with Crippen molar-refractivity contribution < 1.29 is 13.2 Å². The summed E-state index contributed by atoms with van der Waals surface area (Å²) < 4.78 is 39.0. The zero-order valence-corrected chi connectivity index (χ0v) is 11.7. The largest absolute Gasteiger partial charge is 0.416 e. The van der Waals surface area contributed by atoms with Crippen molar-refractivity contribution in [2.45, 2.75) is 44.3 Å². The molecule has 2 atom stereocenters. The molecule has 0 amide bonds. The molecule has 2 aliphatic rings. The normalized spacial score (nSPS) is 25.8. The lowest BCUT2D eigenvalue weighted by Gasteiger charge is -2.39. The summed E-state index contributed by atoms with van der Waals surface area (Å²) in [5.74, 6) is 6.30. The van der Waals surface area contributed by atoms with E-state index in [-0.39, 0.29) is 5.82 Å². The van der Waals surface area contributed by atoms with Crippen molar-refractivity contribution in [2.75, 3.05) is 16.9 Å². The lowest BCUT2D eigenvalue weighted by Crippen LogP contribution is -2.43. The van der Waals surface area contributed by atoms with Gasteiger partial charge in [-0.1, -0.05) is 6.42 Å². The molecule has 2 unspecified atom stereocenters. The first kappa shape index (κ1) is 14.4. The summed E-state index contributed by atoms with van der Waals surface area (Å²) in [6.45, 7) is 0.763. The molecule has 1 saturated carbocycles. The predicted molar refractivity (Wildman–Crippen MR) is 74.8 cm³/mol. The number of halogens is 3. The van der Waals surface area contributed by atoms with E-state index in [1.165, 1.54) is 12.8 Å². The van der Waals surface area contributed by atoms with Crippen LogP contribution in [0, 0.1) is 5.92 Å². The fourth-order valence-corrected chi connectivity index (χ4v) is 3.64. The fraction of sp³-hybridized carbons (Fsp3) is 0.643. The van der Waals surface area contributed by atoms with Gasteiger partial charge in [-0.05, 0) is 43.7 Å². The Balaban J connectivity index is 1.97. The highest BCUT2D eigenvalue weighted by atomic mass is 19.4. The van der Waals surface area contributed by atoms with E-state index in [4.69, 9.17) is 5.84 Å². The molecular formula is C14H19F3N4. The van der Waals surface area contributed by atoms with Gasteiger partial charge in [-0.3, -0.25) is 0 Å². The summed E-state index contributed by atoms with van der Waals surface area (Å²) >= 11 is 0. The van der Waals surface area contributed by atoms with Crippen molar-refractivity contribution in [3.8, 4) is 0 Å². The third kappa shape index (κ3) is 2.79. The molecule has 0 radical (unpaired) electrons. The van der Waals surface area contributed by atoms with Crippen LogP contribution in [0.4, 0.5) is 24.8 Å². The highest BCUT2D eigenvalue weighted by Crippen LogP contribution is 2.40. The standard InChI is InChI=1S/C14H19F3N4/c15-14(16,17)10-7-12(20-18)19-13(8-10)21-6-2-4-9-3-1-5-11(9)21/h7-9,11H,1-6,18H2,(H,19,20). The first-order valence-electron chi connectivity index (χ1n) is 7.31. The SMILES string of the molecule is NNc1cc(C(F)(F)F)cc(N2CCCC3CCCC32)n1. The minimum absolute atomic E-state index is 0.0555. The highest BCUT2D eigenvalue weighted by Gasteiger charge is 2.37. The van der Waals surface area contributed by atoms with Gasteiger partial charge in [0.1, 0.15) is 11.6 Å². The number of aromatic nitrogens is 1. The number of nitrogen functional groups attached to an aromatic ring is 1. The lowest BCUT2D eigenvalue weighted by atomic mass is 9.92. The second kappa shape index (κ2) is 5.36. The van der Waals surface area contributed by atoms with E-state index >= 15 is 0 Å². The number of anilines is 2. The smallest absolute Gasteiger partial charge is 0.353 e. The van der Waals surface area contributed by atoms with Gasteiger partial charge in [-0.25, -0.2) is 10.8 Å². The maximum atomic E-state index is 13.0. The van der Waals surface area contributed by atoms with E-state index in [0.29, 0.717) is 17.8 Å². The van der Waals surface area contributed by atoms with Crippen molar-refractivity contribution >= 4 is 11.6 Å². The molecule has 4 nitrogen and oxygen atoms in total. The first-order chi connectivity index (χ1) is 9.99. The molecule has 0 bridgehead atoms. The maximum absolute atomic E-state index is 13.0. The number of rotatable bonds is 2. The van der Waals surface area contributed by atoms with E-state index < -0.39 is 11.7 Å². The highest BCUT2D eigenvalue weighted by molar-refractivity contribution is 5.52. The molecule has 116 valence electrons. The summed E-state index contributed by atoms with van der Waals surface area (Å²) in [6.07, 6.45) is 1.13. The molecule has 1 aromatic rings. The molecular weight excluding hydrogens is 281 g/mol. The molecule has 0 spiro atoms. The van der Waals surface area contributed by atoms with Crippen LogP contribution in [0.25, 0.3) is 0 Å². The second-order valence-corrected chi connectivity index (χ2v) is 5.84. The Morgan fingerprint density at radius 1 is 1.19 bits per heavy atom. The van der Waals surface area contributed by atoms with Crippen LogP contribution in [-0.4, -0.2) is 17.6 Å². The number of fused-ring (bicyclic) bond motifs is 1. The van der Waals surface area contributed by atoms with Crippen LogP contribution in [0.2, 0.25) is 0 Å². The van der Waals surface area contributed by atoms with Gasteiger partial charge in [-0.2, -0.15) is 13.2 Å². The van der Waals surface area contributed by atoms with E-state index in [9.17, 15) is 13.2 Å². The minimum Gasteiger partial charge on any atom is -0.353 e. The van der Waals surface area contributed by atoms with E-state index in [1.807, 2.05) is 4.90 Å². The Bertz CT molecular complexity index is 517. The van der Waals surface area contributed by atoms with Crippen molar-refractivity contribution in [3.63, 3.8) is 0 Å². The number of nitrogens with two attached hydrogens (primary N) is 1. The minimum atomic E-state index is -4.39. The van der Waals surface area contributed by atoms with Gasteiger partial charge in [0.05, 0.1) is 5.56 Å². The number of hydrogen-bond donors (Lipinski definition) is 2. The van der Waals surface area contributed by atoms with Crippen molar-refractivity contribution in [3.05, 3.63) is 17.7 Å². The first-order valence-corrected chi connectivity index (χ1v) is 7.31. The van der Waals surface area contributed by atoms with Crippen LogP contribution in [0.3, 0.4) is 0 Å².